The molecular formula is C20H30Cl3N4O5Si+. The lowest BCUT2D eigenvalue weighted by Crippen LogP contribution is -2.65. The molecule has 1 aromatic heterocycles. The van der Waals surface area contributed by atoms with Crippen molar-refractivity contribution in [2.75, 3.05) is 11.9 Å². The highest BCUT2D eigenvalue weighted by molar-refractivity contribution is 6.83. The van der Waals surface area contributed by atoms with E-state index in [0.717, 1.165) is 23.9 Å². The van der Waals surface area contributed by atoms with Crippen LogP contribution in [0.25, 0.3) is 0 Å². The summed E-state index contributed by atoms with van der Waals surface area (Å²) in [6.45, 7) is 11.0. The van der Waals surface area contributed by atoms with Crippen molar-refractivity contribution < 1.29 is 28.7 Å². The molecule has 2 aliphatic rings. The van der Waals surface area contributed by atoms with Gasteiger partial charge in [-0.25, -0.2) is 4.79 Å². The van der Waals surface area contributed by atoms with Crippen molar-refractivity contribution in [3.63, 3.8) is 0 Å². The molecule has 2 N–H and O–H groups in total. The monoisotopic (exact) mass is 539 g/mol. The number of amides is 2. The number of hydrogen-bond donors (Lipinski definition) is 2. The summed E-state index contributed by atoms with van der Waals surface area (Å²) >= 11 is 18.6. The Morgan fingerprint density at radius 3 is 2.21 bits per heavy atom. The Morgan fingerprint density at radius 1 is 1.24 bits per heavy atom. The Balaban J connectivity index is 2.18. The molecule has 0 aromatic carbocycles. The van der Waals surface area contributed by atoms with Crippen molar-refractivity contribution in [2.45, 2.75) is 80.7 Å². The molecule has 2 heterocycles. The summed E-state index contributed by atoms with van der Waals surface area (Å²) in [7, 11) is -1.93. The number of ether oxygens (including phenoxy) is 1. The van der Waals surface area contributed by atoms with Gasteiger partial charge in [-0.1, -0.05) is 26.1 Å². The zero-order valence-electron chi connectivity index (χ0n) is 19.6. The maximum atomic E-state index is 13.6. The molecule has 33 heavy (non-hydrogen) atoms. The fourth-order valence-electron chi connectivity index (χ4n) is 5.05. The molecule has 1 aliphatic heterocycles. The highest BCUT2D eigenvalue weighted by atomic mass is 35.6. The van der Waals surface area contributed by atoms with E-state index in [1.807, 2.05) is 0 Å². The van der Waals surface area contributed by atoms with Gasteiger partial charge >= 0.3 is 16.1 Å². The highest BCUT2D eigenvalue weighted by Crippen LogP contribution is 2.58. The van der Waals surface area contributed by atoms with E-state index in [4.69, 9.17) is 39.5 Å². The minimum absolute atomic E-state index is 0.0709. The van der Waals surface area contributed by atoms with E-state index in [-0.39, 0.29) is 30.6 Å². The van der Waals surface area contributed by atoms with Gasteiger partial charge in [-0.2, -0.15) is 14.4 Å². The first-order valence-electron chi connectivity index (χ1n) is 10.8. The summed E-state index contributed by atoms with van der Waals surface area (Å²) in [6, 6.07) is 0. The summed E-state index contributed by atoms with van der Waals surface area (Å²) in [5, 5.41) is 16.9. The summed E-state index contributed by atoms with van der Waals surface area (Å²) in [5.74, 6) is -0.130. The molecule has 1 atom stereocenters. The van der Waals surface area contributed by atoms with Crippen LogP contribution in [0.2, 0.25) is 24.7 Å². The maximum Gasteiger partial charge on any atom is 0.518 e. The van der Waals surface area contributed by atoms with Crippen molar-refractivity contribution in [1.29, 1.82) is 0 Å². The van der Waals surface area contributed by atoms with Crippen LogP contribution in [0.3, 0.4) is 0 Å². The molecule has 1 aliphatic carbocycles. The summed E-state index contributed by atoms with van der Waals surface area (Å²) in [4.78, 5) is 38.8. The molecule has 1 aromatic rings. The van der Waals surface area contributed by atoms with Crippen LogP contribution in [-0.2, 0) is 21.6 Å². The number of anilines is 1. The predicted molar refractivity (Wildman–Crippen MR) is 128 cm³/mol. The smallest absolute Gasteiger partial charge is 0.448 e. The van der Waals surface area contributed by atoms with Gasteiger partial charge in [0.2, 0.25) is 5.91 Å². The number of nitrogens with zero attached hydrogens (tertiary/aromatic N) is 3. The van der Waals surface area contributed by atoms with Crippen LogP contribution >= 0.6 is 34.8 Å². The third-order valence-electron chi connectivity index (χ3n) is 7.42. The fourth-order valence-corrected chi connectivity index (χ4v) is 8.68. The molecular weight excluding hydrogens is 511 g/mol. The Hall–Kier alpha value is -1.33. The average molecular weight is 541 g/mol. The van der Waals surface area contributed by atoms with Gasteiger partial charge in [-0.15, -0.1) is 4.68 Å². The molecule has 0 spiro atoms. The molecule has 1 saturated carbocycles. The number of nitrogens with one attached hydrogen (secondary N) is 1. The van der Waals surface area contributed by atoms with Crippen molar-refractivity contribution in [3.8, 4) is 0 Å². The lowest BCUT2D eigenvalue weighted by atomic mass is 9.83. The van der Waals surface area contributed by atoms with Crippen LogP contribution < -0.4 is 5.32 Å². The van der Waals surface area contributed by atoms with E-state index in [1.165, 1.54) is 0 Å². The van der Waals surface area contributed by atoms with Gasteiger partial charge < -0.3 is 15.2 Å². The molecule has 0 radical (unpaired) electrons. The second kappa shape index (κ2) is 8.12. The normalized spacial score (nSPS) is 23.4. The fraction of sp³-hybridized carbons (Fsp3) is 0.700. The molecule has 0 saturated heterocycles. The first-order chi connectivity index (χ1) is 15.0. The van der Waals surface area contributed by atoms with E-state index in [0.29, 0.717) is 5.56 Å². The van der Waals surface area contributed by atoms with Crippen molar-refractivity contribution >= 4 is 66.8 Å². The standard InChI is InChI=1S/C20H29Cl3N4O5Si/c1-7-32-16(29)26-14(24-15(28)19(9-8-10-19)33(4,5)6)12-11-27(17(30)31,20(21,22)23)18(2,3)13(12)25-26/h7-11H2,1-6H3,(H-,24,25,28,30,31)/p+1. The van der Waals surface area contributed by atoms with Gasteiger partial charge in [0.1, 0.15) is 12.2 Å². The van der Waals surface area contributed by atoms with Crippen LogP contribution in [0.1, 0.15) is 51.3 Å². The maximum absolute atomic E-state index is 13.6. The van der Waals surface area contributed by atoms with Crippen molar-refractivity contribution in [3.05, 3.63) is 11.3 Å². The number of fused-ring (bicyclic) bond motifs is 1. The predicted octanol–water partition coefficient (Wildman–Crippen LogP) is 5.66. The first kappa shape index (κ1) is 26.3. The van der Waals surface area contributed by atoms with Gasteiger partial charge in [0.15, 0.2) is 11.4 Å². The summed E-state index contributed by atoms with van der Waals surface area (Å²) in [6.07, 6.45) is 0.330. The zero-order chi connectivity index (χ0) is 25.2. The minimum Gasteiger partial charge on any atom is -0.448 e. The number of halogens is 3. The van der Waals surface area contributed by atoms with Crippen LogP contribution in [0, 0.1) is 0 Å². The van der Waals surface area contributed by atoms with E-state index in [1.54, 1.807) is 20.8 Å². The SMILES string of the molecule is CCOC(=O)n1nc2c(c1NC(=O)C1([Si](C)(C)C)CCC1)C[N+](C(=O)O)(C(Cl)(Cl)Cl)C2(C)C. The second-order valence-corrected chi connectivity index (χ2v) is 17.9. The number of alkyl halides is 3. The molecule has 13 heteroatoms. The van der Waals surface area contributed by atoms with Gasteiger partial charge in [0, 0.05) is 5.04 Å². The molecule has 3 rings (SSSR count). The van der Waals surface area contributed by atoms with E-state index in [9.17, 15) is 19.5 Å². The highest BCUT2D eigenvalue weighted by Gasteiger charge is 2.70. The van der Waals surface area contributed by atoms with Gasteiger partial charge in [0.05, 0.1) is 20.2 Å². The van der Waals surface area contributed by atoms with Gasteiger partial charge in [-0.3, -0.25) is 4.79 Å². The Bertz CT molecular complexity index is 1010. The number of hydrogen-bond acceptors (Lipinski definition) is 5. The van der Waals surface area contributed by atoms with E-state index < -0.39 is 39.2 Å². The number of rotatable bonds is 4. The van der Waals surface area contributed by atoms with Crippen LogP contribution in [0.15, 0.2) is 0 Å². The van der Waals surface area contributed by atoms with Crippen molar-refractivity contribution in [1.82, 2.24) is 9.78 Å². The number of carbonyl (C=O) groups is 3. The number of carbonyl (C=O) groups excluding carboxylic acids is 2. The average Bonchev–Trinajstić information content (AvgIpc) is 3.05. The largest absolute Gasteiger partial charge is 0.518 e. The topological polar surface area (TPSA) is 111 Å². The molecule has 1 fully saturated rings. The number of aromatic nitrogens is 2. The minimum atomic E-state index is -2.24. The Kier molecular flexibility index (Phi) is 6.46. The third-order valence-corrected chi connectivity index (χ3v) is 11.9. The van der Waals surface area contributed by atoms with Gasteiger partial charge in [0.25, 0.3) is 0 Å². The molecule has 2 amide bonds. The molecule has 0 bridgehead atoms. The second-order valence-electron chi connectivity index (χ2n) is 10.2. The first-order valence-corrected chi connectivity index (χ1v) is 15.4. The number of quaternary nitrogens is 1. The lowest BCUT2D eigenvalue weighted by Gasteiger charge is -2.48. The Labute approximate surface area is 208 Å². The van der Waals surface area contributed by atoms with E-state index in [2.05, 4.69) is 30.1 Å². The van der Waals surface area contributed by atoms with Gasteiger partial charge in [-0.05, 0) is 68.4 Å². The zero-order valence-corrected chi connectivity index (χ0v) is 22.9. The summed E-state index contributed by atoms with van der Waals surface area (Å²) in [5.41, 5.74) is -0.758. The lowest BCUT2D eigenvalue weighted by molar-refractivity contribution is -0.928. The van der Waals surface area contributed by atoms with E-state index >= 15 is 0 Å². The third kappa shape index (κ3) is 3.60. The van der Waals surface area contributed by atoms with Crippen LogP contribution in [0.5, 0.6) is 0 Å². The Morgan fingerprint density at radius 2 is 1.82 bits per heavy atom. The molecule has 184 valence electrons. The quantitative estimate of drug-likeness (QED) is 0.221. The van der Waals surface area contributed by atoms with Crippen LogP contribution in [0.4, 0.5) is 15.4 Å². The summed E-state index contributed by atoms with van der Waals surface area (Å²) < 4.78 is 2.88. The van der Waals surface area contributed by atoms with Crippen molar-refractivity contribution in [2.24, 2.45) is 0 Å². The number of carboxylic acid groups (broad SMARTS) is 1. The molecule has 1 unspecified atom stereocenters. The molecule has 9 nitrogen and oxygen atoms in total. The van der Waals surface area contributed by atoms with Crippen LogP contribution in [-0.4, -0.2) is 56.1 Å².